The quantitative estimate of drug-likeness (QED) is 0.394. The summed E-state index contributed by atoms with van der Waals surface area (Å²) in [5.41, 5.74) is 1.85. The molecule has 0 unspecified atom stereocenters. The van der Waals surface area contributed by atoms with Crippen molar-refractivity contribution in [3.63, 3.8) is 0 Å². The number of benzene rings is 2. The second-order valence-corrected chi connectivity index (χ2v) is 9.14. The Hall–Kier alpha value is -1.32. The second kappa shape index (κ2) is 7.74. The number of piperazine rings is 1. The lowest BCUT2D eigenvalue weighted by atomic mass is 10.2. The number of anilines is 1. The first kappa shape index (κ1) is 18.1. The van der Waals surface area contributed by atoms with E-state index in [1.807, 2.05) is 29.2 Å². The summed E-state index contributed by atoms with van der Waals surface area (Å²) in [4.78, 5) is 23.1. The average molecular weight is 495 g/mol. The second-order valence-electron chi connectivity index (χ2n) is 6.09. The first-order valence-electron chi connectivity index (χ1n) is 8.39. The van der Waals surface area contributed by atoms with Crippen molar-refractivity contribution in [2.24, 2.45) is 0 Å². The summed E-state index contributed by atoms with van der Waals surface area (Å²) in [5.74, 6) is 0.128. The van der Waals surface area contributed by atoms with E-state index in [0.29, 0.717) is 0 Å². The normalized spacial score (nSPS) is 14.8. The number of rotatable bonds is 3. The van der Waals surface area contributed by atoms with Gasteiger partial charge in [0.1, 0.15) is 0 Å². The van der Waals surface area contributed by atoms with E-state index < -0.39 is 0 Å². The molecule has 0 bridgehead atoms. The highest BCUT2D eigenvalue weighted by atomic mass is 127. The summed E-state index contributed by atoms with van der Waals surface area (Å²) in [6, 6.07) is 14.2. The van der Waals surface area contributed by atoms with Crippen molar-refractivity contribution in [1.29, 1.82) is 0 Å². The average Bonchev–Trinajstić information content (AvgIpc) is 3.11. The Kier molecular flexibility index (Phi) is 5.37. The van der Waals surface area contributed by atoms with Crippen LogP contribution in [0.15, 0.2) is 47.4 Å². The summed E-state index contributed by atoms with van der Waals surface area (Å²) >= 11 is 5.72. The lowest BCUT2D eigenvalue weighted by Gasteiger charge is -2.34. The molecule has 0 atom stereocenters. The number of thiazole rings is 1. The molecular weight excluding hydrogens is 477 g/mol. The number of carbonyl (C=O) groups is 1. The fourth-order valence-electron chi connectivity index (χ4n) is 3.06. The Morgan fingerprint density at radius 3 is 2.65 bits per heavy atom. The van der Waals surface area contributed by atoms with Gasteiger partial charge in [0.15, 0.2) is 5.13 Å². The molecule has 1 saturated heterocycles. The zero-order valence-electron chi connectivity index (χ0n) is 14.3. The molecule has 4 rings (SSSR count). The molecule has 0 spiro atoms. The zero-order chi connectivity index (χ0) is 18.1. The Bertz CT molecular complexity index is 951. The van der Waals surface area contributed by atoms with E-state index >= 15 is 0 Å². The number of carbonyl (C=O) groups excluding carboxylic acids is 1. The lowest BCUT2D eigenvalue weighted by Crippen LogP contribution is -2.48. The summed E-state index contributed by atoms with van der Waals surface area (Å²) in [5, 5.41) is 1.06. The number of amides is 1. The van der Waals surface area contributed by atoms with Crippen LogP contribution in [0.3, 0.4) is 0 Å². The third-order valence-corrected chi connectivity index (χ3v) is 7.27. The van der Waals surface area contributed by atoms with Crippen molar-refractivity contribution in [2.45, 2.75) is 4.90 Å². The number of fused-ring (bicyclic) bond motifs is 1. The number of nitrogens with zero attached hydrogens (tertiary/aromatic N) is 3. The van der Waals surface area contributed by atoms with Crippen molar-refractivity contribution in [2.75, 3.05) is 37.3 Å². The van der Waals surface area contributed by atoms with Crippen LogP contribution in [-0.2, 0) is 0 Å². The Morgan fingerprint density at radius 1 is 1.15 bits per heavy atom. The van der Waals surface area contributed by atoms with Gasteiger partial charge in [-0.15, -0.1) is 11.8 Å². The van der Waals surface area contributed by atoms with Crippen molar-refractivity contribution >= 4 is 66.9 Å². The van der Waals surface area contributed by atoms with Crippen LogP contribution in [-0.4, -0.2) is 48.2 Å². The van der Waals surface area contributed by atoms with Crippen LogP contribution in [0.4, 0.5) is 5.13 Å². The molecule has 0 saturated carbocycles. The Balaban J connectivity index is 1.46. The van der Waals surface area contributed by atoms with Gasteiger partial charge in [-0.2, -0.15) is 0 Å². The predicted octanol–water partition coefficient (Wildman–Crippen LogP) is 4.59. The van der Waals surface area contributed by atoms with E-state index in [1.54, 1.807) is 23.1 Å². The van der Waals surface area contributed by atoms with E-state index in [1.165, 1.54) is 9.60 Å². The van der Waals surface area contributed by atoms with Crippen LogP contribution in [0, 0.1) is 3.57 Å². The van der Waals surface area contributed by atoms with E-state index in [0.717, 1.165) is 46.0 Å². The van der Waals surface area contributed by atoms with Crippen molar-refractivity contribution in [1.82, 2.24) is 9.88 Å². The molecule has 1 aliphatic rings. The molecule has 1 fully saturated rings. The van der Waals surface area contributed by atoms with E-state index in [4.69, 9.17) is 4.98 Å². The highest BCUT2D eigenvalue weighted by Gasteiger charge is 2.24. The van der Waals surface area contributed by atoms with Gasteiger partial charge in [0.05, 0.1) is 15.8 Å². The monoisotopic (exact) mass is 495 g/mol. The van der Waals surface area contributed by atoms with Gasteiger partial charge in [-0.05, 0) is 59.2 Å². The maximum absolute atomic E-state index is 12.8. The molecule has 1 amide bonds. The molecule has 7 heteroatoms. The largest absolute Gasteiger partial charge is 0.345 e. The lowest BCUT2D eigenvalue weighted by molar-refractivity contribution is 0.0745. The van der Waals surface area contributed by atoms with Crippen LogP contribution in [0.25, 0.3) is 10.2 Å². The van der Waals surface area contributed by atoms with Gasteiger partial charge in [0, 0.05) is 34.6 Å². The topological polar surface area (TPSA) is 36.4 Å². The van der Waals surface area contributed by atoms with E-state index in [2.05, 4.69) is 51.9 Å². The highest BCUT2D eigenvalue weighted by Crippen LogP contribution is 2.32. The molecule has 134 valence electrons. The van der Waals surface area contributed by atoms with Gasteiger partial charge in [-0.3, -0.25) is 4.79 Å². The van der Waals surface area contributed by atoms with Crippen molar-refractivity contribution in [3.05, 3.63) is 51.6 Å². The first-order valence-corrected chi connectivity index (χ1v) is 11.5. The summed E-state index contributed by atoms with van der Waals surface area (Å²) in [6.07, 6.45) is 2.09. The minimum atomic E-state index is 0.128. The van der Waals surface area contributed by atoms with E-state index in [-0.39, 0.29) is 5.91 Å². The number of aromatic nitrogens is 1. The third-order valence-electron chi connectivity index (χ3n) is 4.53. The van der Waals surface area contributed by atoms with Gasteiger partial charge in [0.25, 0.3) is 5.91 Å². The van der Waals surface area contributed by atoms with Gasteiger partial charge >= 0.3 is 0 Å². The SMILES string of the molecule is CSc1ccc2nc(N3CCN(C(=O)c4ccccc4I)CC3)sc2c1. The summed E-state index contributed by atoms with van der Waals surface area (Å²) < 4.78 is 2.23. The smallest absolute Gasteiger partial charge is 0.255 e. The molecule has 2 heterocycles. The maximum Gasteiger partial charge on any atom is 0.255 e. The molecular formula is C19H18IN3OS2. The minimum absolute atomic E-state index is 0.128. The third kappa shape index (κ3) is 3.57. The fourth-order valence-corrected chi connectivity index (χ4v) is 5.25. The number of hydrogen-bond acceptors (Lipinski definition) is 5. The molecule has 3 aromatic rings. The highest BCUT2D eigenvalue weighted by molar-refractivity contribution is 14.1. The molecule has 2 aromatic carbocycles. The van der Waals surface area contributed by atoms with Gasteiger partial charge in [0.2, 0.25) is 0 Å². The van der Waals surface area contributed by atoms with Gasteiger partial charge in [-0.25, -0.2) is 4.98 Å². The molecule has 0 aliphatic carbocycles. The summed E-state index contributed by atoms with van der Waals surface area (Å²) in [7, 11) is 0. The Labute approximate surface area is 174 Å². The molecule has 1 aromatic heterocycles. The number of hydrogen-bond donors (Lipinski definition) is 0. The van der Waals surface area contributed by atoms with Crippen LogP contribution >= 0.6 is 45.7 Å². The first-order chi connectivity index (χ1) is 12.7. The standard InChI is InChI=1S/C19H18IN3OS2/c1-25-13-6-7-16-17(12-13)26-19(21-16)23-10-8-22(9-11-23)18(24)14-4-2-3-5-15(14)20/h2-7,12H,8-11H2,1H3. The molecule has 0 radical (unpaired) electrons. The van der Waals surface area contributed by atoms with Crippen LogP contribution in [0.5, 0.6) is 0 Å². The Morgan fingerprint density at radius 2 is 1.92 bits per heavy atom. The molecule has 1 aliphatic heterocycles. The minimum Gasteiger partial charge on any atom is -0.345 e. The number of thioether (sulfide) groups is 1. The van der Waals surface area contributed by atoms with E-state index in [9.17, 15) is 4.79 Å². The molecule has 0 N–H and O–H groups in total. The fraction of sp³-hybridized carbons (Fsp3) is 0.263. The van der Waals surface area contributed by atoms with Crippen molar-refractivity contribution < 1.29 is 4.79 Å². The van der Waals surface area contributed by atoms with Crippen molar-refractivity contribution in [3.8, 4) is 0 Å². The van der Waals surface area contributed by atoms with Crippen LogP contribution in [0.1, 0.15) is 10.4 Å². The predicted molar refractivity (Wildman–Crippen MR) is 119 cm³/mol. The number of halogens is 1. The van der Waals surface area contributed by atoms with Crippen LogP contribution < -0.4 is 4.90 Å². The summed E-state index contributed by atoms with van der Waals surface area (Å²) in [6.45, 7) is 3.11. The molecule has 4 nitrogen and oxygen atoms in total. The van der Waals surface area contributed by atoms with Gasteiger partial charge in [-0.1, -0.05) is 23.5 Å². The zero-order valence-corrected chi connectivity index (χ0v) is 18.1. The molecule has 26 heavy (non-hydrogen) atoms. The van der Waals surface area contributed by atoms with Gasteiger partial charge < -0.3 is 9.80 Å². The van der Waals surface area contributed by atoms with Crippen LogP contribution in [0.2, 0.25) is 0 Å². The maximum atomic E-state index is 12.8.